The normalized spacial score (nSPS) is 24.3. The monoisotopic (exact) mass is 435 g/mol. The summed E-state index contributed by atoms with van der Waals surface area (Å²) >= 11 is 1.20. The van der Waals surface area contributed by atoms with Crippen molar-refractivity contribution in [3.8, 4) is 0 Å². The maximum Gasteiger partial charge on any atom is 0.253 e. The van der Waals surface area contributed by atoms with Gasteiger partial charge in [-0.25, -0.2) is 13.4 Å². The number of sulfonamides is 1. The average molecular weight is 436 g/mol. The van der Waals surface area contributed by atoms with Gasteiger partial charge in [0.2, 0.25) is 5.91 Å². The van der Waals surface area contributed by atoms with Crippen molar-refractivity contribution >= 4 is 27.3 Å². The van der Waals surface area contributed by atoms with Crippen LogP contribution < -0.4 is 0 Å². The van der Waals surface area contributed by atoms with Crippen LogP contribution in [0.1, 0.15) is 62.0 Å². The van der Waals surface area contributed by atoms with E-state index in [-0.39, 0.29) is 11.8 Å². The van der Waals surface area contributed by atoms with Gasteiger partial charge in [-0.3, -0.25) is 9.89 Å². The van der Waals surface area contributed by atoms with E-state index in [9.17, 15) is 13.2 Å². The molecule has 3 fully saturated rings. The van der Waals surface area contributed by atoms with Crippen molar-refractivity contribution in [2.75, 3.05) is 19.6 Å². The number of aromatic amines is 1. The number of carbonyl (C=O) groups is 1. The first-order chi connectivity index (χ1) is 14.0. The molecule has 2 aromatic heterocycles. The maximum absolute atomic E-state index is 13.2. The van der Waals surface area contributed by atoms with E-state index in [1.165, 1.54) is 28.5 Å². The van der Waals surface area contributed by atoms with Crippen molar-refractivity contribution in [2.45, 2.75) is 60.6 Å². The van der Waals surface area contributed by atoms with Gasteiger partial charge in [0.1, 0.15) is 16.1 Å². The van der Waals surface area contributed by atoms with Crippen molar-refractivity contribution in [3.63, 3.8) is 0 Å². The van der Waals surface area contributed by atoms with E-state index >= 15 is 0 Å². The number of likely N-dealkylation sites (tertiary alicyclic amines) is 1. The van der Waals surface area contributed by atoms with E-state index in [1.807, 2.05) is 4.90 Å². The molecule has 29 heavy (non-hydrogen) atoms. The topological polar surface area (TPSA) is 99.3 Å². The van der Waals surface area contributed by atoms with Gasteiger partial charge in [0.25, 0.3) is 10.0 Å². The summed E-state index contributed by atoms with van der Waals surface area (Å²) < 4.78 is 27.6. The molecular weight excluding hydrogens is 410 g/mol. The summed E-state index contributed by atoms with van der Waals surface area (Å²) in [6.45, 7) is 1.67. The average Bonchev–Trinajstić information content (AvgIpc) is 3.18. The molecule has 0 radical (unpaired) electrons. The summed E-state index contributed by atoms with van der Waals surface area (Å²) in [6.07, 6.45) is 5.33. The number of piperidine rings is 1. The lowest BCUT2D eigenvalue weighted by molar-refractivity contribution is -0.135. The van der Waals surface area contributed by atoms with Crippen molar-refractivity contribution < 1.29 is 13.2 Å². The summed E-state index contributed by atoms with van der Waals surface area (Å²) in [6, 6.07) is 2.76. The van der Waals surface area contributed by atoms with Crippen molar-refractivity contribution in [2.24, 2.45) is 0 Å². The molecule has 0 aromatic carbocycles. The molecule has 1 saturated carbocycles. The summed E-state index contributed by atoms with van der Waals surface area (Å²) in [5.41, 5.74) is 0. The Balaban J connectivity index is 1.24. The van der Waals surface area contributed by atoms with E-state index in [4.69, 9.17) is 0 Å². The highest BCUT2D eigenvalue weighted by Crippen LogP contribution is 2.39. The fraction of sp³-hybridized carbons (Fsp3) is 0.632. The number of hydrogen-bond acceptors (Lipinski definition) is 6. The molecule has 5 rings (SSSR count). The molecule has 10 heteroatoms. The lowest BCUT2D eigenvalue weighted by Crippen LogP contribution is -2.49. The third-order valence-corrected chi connectivity index (χ3v) is 9.48. The molecular formula is C19H25N5O3S2. The second-order valence-electron chi connectivity index (χ2n) is 8.16. The number of thiophene rings is 1. The molecule has 4 heterocycles. The smallest absolute Gasteiger partial charge is 0.253 e. The first-order valence-electron chi connectivity index (χ1n) is 10.3. The second kappa shape index (κ2) is 7.48. The van der Waals surface area contributed by atoms with Gasteiger partial charge in [-0.15, -0.1) is 11.3 Å². The zero-order valence-corrected chi connectivity index (χ0v) is 17.8. The van der Waals surface area contributed by atoms with Crippen LogP contribution in [0.15, 0.2) is 21.7 Å². The van der Waals surface area contributed by atoms with Crippen LogP contribution in [0.4, 0.5) is 0 Å². The Bertz CT molecular complexity index is 975. The fourth-order valence-electron chi connectivity index (χ4n) is 4.38. The predicted octanol–water partition coefficient (Wildman–Crippen LogP) is 2.30. The molecule has 1 unspecified atom stereocenters. The Morgan fingerprint density at radius 2 is 1.90 bits per heavy atom. The van der Waals surface area contributed by atoms with Crippen molar-refractivity contribution in [3.05, 3.63) is 29.2 Å². The second-order valence-corrected chi connectivity index (χ2v) is 11.2. The van der Waals surface area contributed by atoms with Crippen LogP contribution >= 0.6 is 11.3 Å². The van der Waals surface area contributed by atoms with E-state index in [0.29, 0.717) is 36.2 Å². The first-order valence-corrected chi connectivity index (χ1v) is 12.6. The molecule has 0 spiro atoms. The van der Waals surface area contributed by atoms with Crippen LogP contribution in [0.2, 0.25) is 0 Å². The first kappa shape index (κ1) is 19.2. The van der Waals surface area contributed by atoms with Gasteiger partial charge in [-0.05, 0) is 50.0 Å². The maximum atomic E-state index is 13.2. The molecule has 156 valence electrons. The minimum absolute atomic E-state index is 0.0580. The minimum atomic E-state index is -3.60. The summed E-state index contributed by atoms with van der Waals surface area (Å²) in [5, 5.41) is 9.18. The van der Waals surface area contributed by atoms with Gasteiger partial charge in [-0.1, -0.05) is 6.07 Å². The number of H-pyrrole nitrogens is 1. The van der Waals surface area contributed by atoms with Gasteiger partial charge in [-0.2, -0.15) is 9.40 Å². The number of amides is 1. The van der Waals surface area contributed by atoms with Gasteiger partial charge in [0, 0.05) is 31.5 Å². The minimum Gasteiger partial charge on any atom is -0.341 e. The van der Waals surface area contributed by atoms with Crippen molar-refractivity contribution in [1.82, 2.24) is 24.4 Å². The Morgan fingerprint density at radius 3 is 2.59 bits per heavy atom. The summed E-state index contributed by atoms with van der Waals surface area (Å²) in [5.74, 6) is 2.62. The Hall–Kier alpha value is -1.78. The molecule has 1 N–H and O–H groups in total. The largest absolute Gasteiger partial charge is 0.341 e. The van der Waals surface area contributed by atoms with E-state index < -0.39 is 16.1 Å². The van der Waals surface area contributed by atoms with Crippen LogP contribution in [0.5, 0.6) is 0 Å². The Kier molecular flexibility index (Phi) is 4.95. The zero-order valence-electron chi connectivity index (χ0n) is 16.2. The number of rotatable bonds is 5. The Labute approximate surface area is 174 Å². The zero-order chi connectivity index (χ0) is 20.0. The quantitative estimate of drug-likeness (QED) is 0.777. The van der Waals surface area contributed by atoms with Gasteiger partial charge in [0.05, 0.1) is 0 Å². The van der Waals surface area contributed by atoms with E-state index in [1.54, 1.807) is 17.5 Å². The highest BCUT2D eigenvalue weighted by Gasteiger charge is 2.42. The van der Waals surface area contributed by atoms with Crippen LogP contribution in [0.25, 0.3) is 0 Å². The van der Waals surface area contributed by atoms with Gasteiger partial charge < -0.3 is 4.90 Å². The SMILES string of the molecule is O=C(C1CCCN1S(=O)(=O)c1cccs1)N1CCC(c2nc(C3CC3)n[nH]2)CC1. The third-order valence-electron chi connectivity index (χ3n) is 6.20. The highest BCUT2D eigenvalue weighted by atomic mass is 32.2. The standard InChI is InChI=1S/C19H25N5O3S2/c25-19(15-3-1-9-24(15)29(26,27)16-4-2-12-28-16)23-10-7-14(8-11-23)18-20-17(21-22-18)13-5-6-13/h2,4,12-15H,1,3,5-11H2,(H,20,21,22). The molecule has 3 aliphatic rings. The van der Waals surface area contributed by atoms with E-state index in [0.717, 1.165) is 30.9 Å². The fourth-order valence-corrected chi connectivity index (χ4v) is 7.15. The molecule has 0 bridgehead atoms. The number of nitrogens with zero attached hydrogens (tertiary/aromatic N) is 4. The molecule has 2 aromatic rings. The van der Waals surface area contributed by atoms with E-state index in [2.05, 4.69) is 15.2 Å². The number of aromatic nitrogens is 3. The van der Waals surface area contributed by atoms with Crippen molar-refractivity contribution in [1.29, 1.82) is 0 Å². The van der Waals surface area contributed by atoms with Crippen LogP contribution in [-0.2, 0) is 14.8 Å². The molecule has 1 aliphatic carbocycles. The van der Waals surface area contributed by atoms with Gasteiger partial charge in [0.15, 0.2) is 5.82 Å². The van der Waals surface area contributed by atoms with Crippen LogP contribution in [-0.4, -0.2) is 64.4 Å². The molecule has 1 atom stereocenters. The predicted molar refractivity (Wildman–Crippen MR) is 108 cm³/mol. The Morgan fingerprint density at radius 1 is 1.10 bits per heavy atom. The molecule has 2 aliphatic heterocycles. The highest BCUT2D eigenvalue weighted by molar-refractivity contribution is 7.91. The number of nitrogens with one attached hydrogen (secondary N) is 1. The van der Waals surface area contributed by atoms with Crippen LogP contribution in [0, 0.1) is 0 Å². The molecule has 1 amide bonds. The number of carbonyl (C=O) groups excluding carboxylic acids is 1. The molecule has 8 nitrogen and oxygen atoms in total. The summed E-state index contributed by atoms with van der Waals surface area (Å²) in [7, 11) is -3.60. The van der Waals surface area contributed by atoms with Crippen LogP contribution in [0.3, 0.4) is 0 Å². The van der Waals surface area contributed by atoms with Gasteiger partial charge >= 0.3 is 0 Å². The summed E-state index contributed by atoms with van der Waals surface area (Å²) in [4.78, 5) is 19.7. The number of hydrogen-bond donors (Lipinski definition) is 1. The lowest BCUT2D eigenvalue weighted by atomic mass is 9.95. The lowest BCUT2D eigenvalue weighted by Gasteiger charge is -2.34. The molecule has 2 saturated heterocycles. The third kappa shape index (κ3) is 3.62.